The van der Waals surface area contributed by atoms with Gasteiger partial charge in [-0.1, -0.05) is 30.3 Å². The minimum Gasteiger partial charge on any atom is -0.461 e. The zero-order chi connectivity index (χ0) is 13.9. The molecular formula is C17H19ClO2. The lowest BCUT2D eigenvalue weighted by atomic mass is 9.92. The van der Waals surface area contributed by atoms with E-state index in [2.05, 4.69) is 18.2 Å². The van der Waals surface area contributed by atoms with E-state index in [1.807, 2.05) is 25.1 Å². The zero-order valence-electron chi connectivity index (χ0n) is 11.6. The summed E-state index contributed by atoms with van der Waals surface area (Å²) in [5.41, 5.74) is 2.22. The second-order valence-corrected chi connectivity index (χ2v) is 5.81. The fourth-order valence-corrected chi connectivity index (χ4v) is 3.25. The molecular weight excluding hydrogens is 272 g/mol. The highest BCUT2D eigenvalue weighted by Gasteiger charge is 2.26. The Kier molecular flexibility index (Phi) is 4.13. The van der Waals surface area contributed by atoms with E-state index in [4.69, 9.17) is 20.8 Å². The van der Waals surface area contributed by atoms with E-state index < -0.39 is 0 Å². The summed E-state index contributed by atoms with van der Waals surface area (Å²) < 4.78 is 11.3. The normalized spacial score (nSPS) is 18.1. The average molecular weight is 291 g/mol. The summed E-state index contributed by atoms with van der Waals surface area (Å²) in [5.74, 6) is 2.30. The van der Waals surface area contributed by atoms with Crippen LogP contribution in [0.25, 0.3) is 11.3 Å². The molecule has 1 saturated heterocycles. The Balaban J connectivity index is 1.85. The second kappa shape index (κ2) is 6.02. The first-order chi connectivity index (χ1) is 9.75. The number of rotatable bonds is 3. The van der Waals surface area contributed by atoms with Crippen molar-refractivity contribution < 1.29 is 9.15 Å². The molecule has 2 aromatic rings. The third kappa shape index (κ3) is 2.77. The van der Waals surface area contributed by atoms with Crippen LogP contribution in [-0.2, 0) is 4.74 Å². The predicted octanol–water partition coefficient (Wildman–Crippen LogP) is 4.96. The van der Waals surface area contributed by atoms with Crippen molar-refractivity contribution in [2.24, 2.45) is 5.92 Å². The highest BCUT2D eigenvalue weighted by atomic mass is 35.5. The third-order valence-electron chi connectivity index (χ3n) is 3.99. The van der Waals surface area contributed by atoms with E-state index >= 15 is 0 Å². The van der Waals surface area contributed by atoms with Crippen molar-refractivity contribution in [3.8, 4) is 11.3 Å². The SMILES string of the molecule is Cc1oc(-c2ccccc2)cc1C(Cl)C1CCOCC1. The van der Waals surface area contributed by atoms with Gasteiger partial charge in [-0.25, -0.2) is 0 Å². The Morgan fingerprint density at radius 2 is 1.85 bits per heavy atom. The van der Waals surface area contributed by atoms with Gasteiger partial charge in [0.1, 0.15) is 11.5 Å². The molecule has 1 aromatic heterocycles. The van der Waals surface area contributed by atoms with Crippen LogP contribution in [0.2, 0.25) is 0 Å². The van der Waals surface area contributed by atoms with Crippen LogP contribution in [0.1, 0.15) is 29.5 Å². The number of benzene rings is 1. The number of hydrogen-bond acceptors (Lipinski definition) is 2. The first kappa shape index (κ1) is 13.7. The minimum absolute atomic E-state index is 0.0140. The minimum atomic E-state index is 0.0140. The Bertz CT molecular complexity index is 556. The van der Waals surface area contributed by atoms with Crippen LogP contribution >= 0.6 is 11.6 Å². The number of furan rings is 1. The number of ether oxygens (including phenoxy) is 1. The van der Waals surface area contributed by atoms with Gasteiger partial charge < -0.3 is 9.15 Å². The smallest absolute Gasteiger partial charge is 0.134 e. The Hall–Kier alpha value is -1.25. The Morgan fingerprint density at radius 1 is 1.15 bits per heavy atom. The van der Waals surface area contributed by atoms with Crippen LogP contribution in [0.15, 0.2) is 40.8 Å². The summed E-state index contributed by atoms with van der Waals surface area (Å²) in [6.45, 7) is 3.63. The number of alkyl halides is 1. The summed E-state index contributed by atoms with van der Waals surface area (Å²) in [4.78, 5) is 0. The van der Waals surface area contributed by atoms with Crippen molar-refractivity contribution >= 4 is 11.6 Å². The van der Waals surface area contributed by atoms with Gasteiger partial charge in [-0.3, -0.25) is 0 Å². The van der Waals surface area contributed by atoms with Gasteiger partial charge in [0.25, 0.3) is 0 Å². The van der Waals surface area contributed by atoms with E-state index in [0.717, 1.165) is 48.7 Å². The molecule has 3 heteroatoms. The van der Waals surface area contributed by atoms with Crippen LogP contribution < -0.4 is 0 Å². The predicted molar refractivity (Wildman–Crippen MR) is 81.0 cm³/mol. The molecule has 1 aliphatic rings. The molecule has 106 valence electrons. The highest BCUT2D eigenvalue weighted by Crippen LogP contribution is 2.39. The fraction of sp³-hybridized carbons (Fsp3) is 0.412. The van der Waals surface area contributed by atoms with Gasteiger partial charge in [-0.05, 0) is 31.7 Å². The molecule has 0 bridgehead atoms. The van der Waals surface area contributed by atoms with Crippen LogP contribution in [0.3, 0.4) is 0 Å². The standard InChI is InChI=1S/C17H19ClO2/c1-12-15(17(18)14-7-9-19-10-8-14)11-16(20-12)13-5-3-2-4-6-13/h2-6,11,14,17H,7-10H2,1H3. The maximum Gasteiger partial charge on any atom is 0.134 e. The number of aryl methyl sites for hydroxylation is 1. The third-order valence-corrected chi connectivity index (χ3v) is 4.58. The van der Waals surface area contributed by atoms with Gasteiger partial charge in [-0.2, -0.15) is 0 Å². The van der Waals surface area contributed by atoms with Crippen molar-refractivity contribution in [3.63, 3.8) is 0 Å². The van der Waals surface area contributed by atoms with E-state index in [1.54, 1.807) is 0 Å². The lowest BCUT2D eigenvalue weighted by Gasteiger charge is -2.25. The molecule has 1 unspecified atom stereocenters. The van der Waals surface area contributed by atoms with Crippen molar-refractivity contribution in [2.45, 2.75) is 25.1 Å². The average Bonchev–Trinajstić information content (AvgIpc) is 2.90. The molecule has 2 heterocycles. The zero-order valence-corrected chi connectivity index (χ0v) is 12.4. The number of halogens is 1. The van der Waals surface area contributed by atoms with Gasteiger partial charge >= 0.3 is 0 Å². The van der Waals surface area contributed by atoms with E-state index in [1.165, 1.54) is 0 Å². The number of hydrogen-bond donors (Lipinski definition) is 0. The first-order valence-electron chi connectivity index (χ1n) is 7.13. The molecule has 0 saturated carbocycles. The molecule has 0 radical (unpaired) electrons. The Labute approximate surface area is 124 Å². The molecule has 3 rings (SSSR count). The van der Waals surface area contributed by atoms with Crippen LogP contribution in [0.4, 0.5) is 0 Å². The summed E-state index contributed by atoms with van der Waals surface area (Å²) >= 11 is 6.68. The van der Waals surface area contributed by atoms with Gasteiger partial charge in [0.2, 0.25) is 0 Å². The van der Waals surface area contributed by atoms with Gasteiger partial charge in [-0.15, -0.1) is 11.6 Å². The van der Waals surface area contributed by atoms with Crippen molar-refractivity contribution in [1.82, 2.24) is 0 Å². The first-order valence-corrected chi connectivity index (χ1v) is 7.57. The lowest BCUT2D eigenvalue weighted by Crippen LogP contribution is -2.19. The fourth-order valence-electron chi connectivity index (χ4n) is 2.78. The van der Waals surface area contributed by atoms with E-state index in [0.29, 0.717) is 5.92 Å². The summed E-state index contributed by atoms with van der Waals surface area (Å²) in [5, 5.41) is 0.0140. The van der Waals surface area contributed by atoms with Crippen molar-refractivity contribution in [2.75, 3.05) is 13.2 Å². The van der Waals surface area contributed by atoms with E-state index in [-0.39, 0.29) is 5.38 Å². The van der Waals surface area contributed by atoms with Gasteiger partial charge in [0, 0.05) is 24.3 Å². The molecule has 0 spiro atoms. The van der Waals surface area contributed by atoms with Crippen LogP contribution in [0, 0.1) is 12.8 Å². The topological polar surface area (TPSA) is 22.4 Å². The monoisotopic (exact) mass is 290 g/mol. The van der Waals surface area contributed by atoms with Crippen LogP contribution in [-0.4, -0.2) is 13.2 Å². The molecule has 1 aliphatic heterocycles. The summed E-state index contributed by atoms with van der Waals surface area (Å²) in [7, 11) is 0. The highest BCUT2D eigenvalue weighted by molar-refractivity contribution is 6.21. The summed E-state index contributed by atoms with van der Waals surface area (Å²) in [6.07, 6.45) is 2.05. The largest absolute Gasteiger partial charge is 0.461 e. The van der Waals surface area contributed by atoms with Crippen molar-refractivity contribution in [1.29, 1.82) is 0 Å². The maximum atomic E-state index is 6.68. The van der Waals surface area contributed by atoms with Crippen LogP contribution in [0.5, 0.6) is 0 Å². The quantitative estimate of drug-likeness (QED) is 0.745. The molecule has 1 atom stereocenters. The van der Waals surface area contributed by atoms with Gasteiger partial charge in [0.05, 0.1) is 5.38 Å². The molecule has 1 fully saturated rings. The van der Waals surface area contributed by atoms with Gasteiger partial charge in [0.15, 0.2) is 0 Å². The molecule has 1 aromatic carbocycles. The lowest BCUT2D eigenvalue weighted by molar-refractivity contribution is 0.0649. The molecule has 20 heavy (non-hydrogen) atoms. The van der Waals surface area contributed by atoms with E-state index in [9.17, 15) is 0 Å². The molecule has 2 nitrogen and oxygen atoms in total. The molecule has 0 N–H and O–H groups in total. The Morgan fingerprint density at radius 3 is 2.55 bits per heavy atom. The summed E-state index contributed by atoms with van der Waals surface area (Å²) in [6, 6.07) is 12.2. The maximum absolute atomic E-state index is 6.68. The molecule has 0 amide bonds. The second-order valence-electron chi connectivity index (χ2n) is 5.34. The molecule has 0 aliphatic carbocycles. The van der Waals surface area contributed by atoms with Crippen molar-refractivity contribution in [3.05, 3.63) is 47.7 Å².